The Morgan fingerprint density at radius 3 is 2.62 bits per heavy atom. The van der Waals surface area contributed by atoms with Crippen LogP contribution in [0.5, 0.6) is 0 Å². The number of piperazine rings is 1. The molecule has 0 radical (unpaired) electrons. The Labute approximate surface area is 125 Å². The molecule has 5 heteroatoms. The van der Waals surface area contributed by atoms with Gasteiger partial charge < -0.3 is 15.1 Å². The molecule has 1 N–H and O–H groups in total. The third-order valence-corrected chi connectivity index (χ3v) is 4.12. The summed E-state index contributed by atoms with van der Waals surface area (Å²) in [6.45, 7) is 8.21. The monoisotopic (exact) mass is 297 g/mol. The third-order valence-electron chi connectivity index (χ3n) is 4.12. The van der Waals surface area contributed by atoms with Crippen molar-refractivity contribution in [2.75, 3.05) is 46.3 Å². The molecule has 1 fully saturated rings. The van der Waals surface area contributed by atoms with Crippen molar-refractivity contribution in [3.05, 3.63) is 35.4 Å². The fourth-order valence-corrected chi connectivity index (χ4v) is 2.65. The topological polar surface area (TPSA) is 18.5 Å². The van der Waals surface area contributed by atoms with Crippen molar-refractivity contribution < 1.29 is 8.78 Å². The van der Waals surface area contributed by atoms with Crippen molar-refractivity contribution in [1.82, 2.24) is 15.1 Å². The van der Waals surface area contributed by atoms with Gasteiger partial charge in [0, 0.05) is 37.8 Å². The summed E-state index contributed by atoms with van der Waals surface area (Å²) in [6.07, 6.45) is 1.02. The van der Waals surface area contributed by atoms with E-state index >= 15 is 0 Å². The first-order chi connectivity index (χ1) is 10.1. The Kier molecular flexibility index (Phi) is 6.08. The summed E-state index contributed by atoms with van der Waals surface area (Å²) in [4.78, 5) is 4.79. The highest BCUT2D eigenvalue weighted by molar-refractivity contribution is 5.21. The lowest BCUT2D eigenvalue weighted by molar-refractivity contribution is 0.152. The second kappa shape index (κ2) is 7.82. The molecule has 0 amide bonds. The van der Waals surface area contributed by atoms with Crippen molar-refractivity contribution in [2.24, 2.45) is 0 Å². The van der Waals surface area contributed by atoms with Crippen LogP contribution in [-0.4, -0.2) is 56.1 Å². The molecule has 1 aliphatic heterocycles. The summed E-state index contributed by atoms with van der Waals surface area (Å²) < 4.78 is 26.8. The van der Waals surface area contributed by atoms with E-state index in [0.29, 0.717) is 5.56 Å². The van der Waals surface area contributed by atoms with Gasteiger partial charge in [0.05, 0.1) is 0 Å². The maximum absolute atomic E-state index is 13.6. The number of halogens is 2. The molecule has 2 rings (SSSR count). The normalized spacial score (nSPS) is 18.9. The average Bonchev–Trinajstić information content (AvgIpc) is 2.47. The number of benzene rings is 1. The molecule has 1 aromatic rings. The van der Waals surface area contributed by atoms with Crippen LogP contribution in [0, 0.1) is 11.6 Å². The molecule has 1 aromatic carbocycles. The van der Waals surface area contributed by atoms with E-state index < -0.39 is 5.82 Å². The van der Waals surface area contributed by atoms with Crippen LogP contribution in [0.4, 0.5) is 8.78 Å². The number of nitrogens with zero attached hydrogens (tertiary/aromatic N) is 2. The van der Waals surface area contributed by atoms with E-state index in [1.165, 1.54) is 12.1 Å². The van der Waals surface area contributed by atoms with Crippen molar-refractivity contribution in [2.45, 2.75) is 19.4 Å². The molecule has 0 saturated carbocycles. The van der Waals surface area contributed by atoms with Gasteiger partial charge in [0.2, 0.25) is 0 Å². The Morgan fingerprint density at radius 2 is 1.90 bits per heavy atom. The lowest BCUT2D eigenvalue weighted by Crippen LogP contribution is -2.45. The Bertz CT molecular complexity index is 445. The third kappa shape index (κ3) is 5.02. The SMILES string of the molecule is CC(NCCCN1CCN(C)CC1)c1cc(F)ccc1F. The summed E-state index contributed by atoms with van der Waals surface area (Å²) in [5.74, 6) is -0.743. The highest BCUT2D eigenvalue weighted by atomic mass is 19.1. The molecule has 3 nitrogen and oxygen atoms in total. The first-order valence-electron chi connectivity index (χ1n) is 7.65. The number of rotatable bonds is 6. The van der Waals surface area contributed by atoms with E-state index in [4.69, 9.17) is 0 Å². The first-order valence-corrected chi connectivity index (χ1v) is 7.65. The van der Waals surface area contributed by atoms with Crippen LogP contribution in [0.1, 0.15) is 24.9 Å². The molecule has 1 aliphatic rings. The van der Waals surface area contributed by atoms with E-state index in [9.17, 15) is 8.78 Å². The van der Waals surface area contributed by atoms with Gasteiger partial charge in [-0.25, -0.2) is 8.78 Å². The molecule has 0 bridgehead atoms. The summed E-state index contributed by atoms with van der Waals surface area (Å²) in [5.41, 5.74) is 0.398. The lowest BCUT2D eigenvalue weighted by atomic mass is 10.1. The van der Waals surface area contributed by atoms with Crippen LogP contribution < -0.4 is 5.32 Å². The predicted molar refractivity (Wildman–Crippen MR) is 81.3 cm³/mol. The van der Waals surface area contributed by atoms with Crippen LogP contribution in [0.15, 0.2) is 18.2 Å². The van der Waals surface area contributed by atoms with Gasteiger partial charge in [-0.3, -0.25) is 0 Å². The molecule has 21 heavy (non-hydrogen) atoms. The van der Waals surface area contributed by atoms with Crippen LogP contribution >= 0.6 is 0 Å². The van der Waals surface area contributed by atoms with Gasteiger partial charge in [0.25, 0.3) is 0 Å². The maximum Gasteiger partial charge on any atom is 0.128 e. The van der Waals surface area contributed by atoms with Gasteiger partial charge in [0.1, 0.15) is 11.6 Å². The van der Waals surface area contributed by atoms with Crippen LogP contribution in [0.3, 0.4) is 0 Å². The highest BCUT2D eigenvalue weighted by Crippen LogP contribution is 2.17. The summed E-state index contributed by atoms with van der Waals surface area (Å²) in [6, 6.07) is 3.44. The number of nitrogens with one attached hydrogen (secondary N) is 1. The lowest BCUT2D eigenvalue weighted by Gasteiger charge is -2.32. The van der Waals surface area contributed by atoms with E-state index in [2.05, 4.69) is 22.2 Å². The van der Waals surface area contributed by atoms with Crippen LogP contribution in [-0.2, 0) is 0 Å². The smallest absolute Gasteiger partial charge is 0.128 e. The van der Waals surface area contributed by atoms with E-state index in [1.807, 2.05) is 6.92 Å². The van der Waals surface area contributed by atoms with Gasteiger partial charge in [-0.05, 0) is 51.7 Å². The van der Waals surface area contributed by atoms with Crippen molar-refractivity contribution >= 4 is 0 Å². The second-order valence-electron chi connectivity index (χ2n) is 5.84. The van der Waals surface area contributed by atoms with Crippen LogP contribution in [0.2, 0.25) is 0 Å². The van der Waals surface area contributed by atoms with Gasteiger partial charge in [-0.15, -0.1) is 0 Å². The minimum absolute atomic E-state index is 0.173. The molecule has 1 unspecified atom stereocenters. The molecule has 1 heterocycles. The standard InChI is InChI=1S/C16H25F2N3/c1-13(15-12-14(17)4-5-16(15)18)19-6-3-7-21-10-8-20(2)9-11-21/h4-5,12-13,19H,3,6-11H2,1-2H3. The van der Waals surface area contributed by atoms with Crippen LogP contribution in [0.25, 0.3) is 0 Å². The zero-order valence-corrected chi connectivity index (χ0v) is 12.9. The van der Waals surface area contributed by atoms with Gasteiger partial charge in [-0.2, -0.15) is 0 Å². The summed E-state index contributed by atoms with van der Waals surface area (Å²) in [7, 11) is 2.15. The number of likely N-dealkylation sites (N-methyl/N-ethyl adjacent to an activating group) is 1. The zero-order valence-electron chi connectivity index (χ0n) is 12.9. The number of hydrogen-bond acceptors (Lipinski definition) is 3. The zero-order chi connectivity index (χ0) is 15.2. The minimum Gasteiger partial charge on any atom is -0.310 e. The van der Waals surface area contributed by atoms with Crippen molar-refractivity contribution in [3.63, 3.8) is 0 Å². The second-order valence-corrected chi connectivity index (χ2v) is 5.84. The molecule has 1 atom stereocenters. The highest BCUT2D eigenvalue weighted by Gasteiger charge is 2.14. The summed E-state index contributed by atoms with van der Waals surface area (Å²) >= 11 is 0. The van der Waals surface area contributed by atoms with Gasteiger partial charge in [-0.1, -0.05) is 0 Å². The molecule has 118 valence electrons. The molecule has 0 aromatic heterocycles. The Hall–Kier alpha value is -1.04. The molecular weight excluding hydrogens is 272 g/mol. The van der Waals surface area contributed by atoms with Crippen molar-refractivity contribution in [1.29, 1.82) is 0 Å². The van der Waals surface area contributed by atoms with E-state index in [-0.39, 0.29) is 11.9 Å². The van der Waals surface area contributed by atoms with Gasteiger partial charge in [0.15, 0.2) is 0 Å². The quantitative estimate of drug-likeness (QED) is 0.813. The molecule has 0 spiro atoms. The number of hydrogen-bond donors (Lipinski definition) is 1. The van der Waals surface area contributed by atoms with Crippen molar-refractivity contribution in [3.8, 4) is 0 Å². The van der Waals surface area contributed by atoms with E-state index in [1.54, 1.807) is 0 Å². The first kappa shape index (κ1) is 16.3. The van der Waals surface area contributed by atoms with E-state index in [0.717, 1.165) is 51.8 Å². The predicted octanol–water partition coefficient (Wildman–Crippen LogP) is 2.25. The maximum atomic E-state index is 13.6. The molecular formula is C16H25F2N3. The van der Waals surface area contributed by atoms with Gasteiger partial charge >= 0.3 is 0 Å². The summed E-state index contributed by atoms with van der Waals surface area (Å²) in [5, 5.41) is 3.27. The average molecular weight is 297 g/mol. The fraction of sp³-hybridized carbons (Fsp3) is 0.625. The Morgan fingerprint density at radius 1 is 1.19 bits per heavy atom. The fourth-order valence-electron chi connectivity index (χ4n) is 2.65. The Balaban J connectivity index is 1.69. The largest absolute Gasteiger partial charge is 0.310 e. The molecule has 1 saturated heterocycles. The minimum atomic E-state index is -0.391. The molecule has 0 aliphatic carbocycles.